The fourth-order valence-corrected chi connectivity index (χ4v) is 3.37. The maximum Gasteiger partial charge on any atom is 0.209 e. The SMILES string of the molecule is Cc1cccc(-c2nc(SCc3ccc(Cl)cc3Cl)n[nH]2)c1. The number of hydrogen-bond acceptors (Lipinski definition) is 3. The van der Waals surface area contributed by atoms with Crippen molar-refractivity contribution in [1.29, 1.82) is 0 Å². The van der Waals surface area contributed by atoms with Gasteiger partial charge in [0.15, 0.2) is 5.82 Å². The molecule has 3 rings (SSSR count). The molecule has 2 aromatic carbocycles. The van der Waals surface area contributed by atoms with Gasteiger partial charge in [0.05, 0.1) is 0 Å². The summed E-state index contributed by atoms with van der Waals surface area (Å²) in [5.41, 5.74) is 3.23. The number of nitrogens with zero attached hydrogens (tertiary/aromatic N) is 2. The molecule has 112 valence electrons. The summed E-state index contributed by atoms with van der Waals surface area (Å²) < 4.78 is 0. The lowest BCUT2D eigenvalue weighted by molar-refractivity contribution is 0.973. The summed E-state index contributed by atoms with van der Waals surface area (Å²) in [6.45, 7) is 2.05. The summed E-state index contributed by atoms with van der Waals surface area (Å²) >= 11 is 13.6. The van der Waals surface area contributed by atoms with Gasteiger partial charge in [-0.2, -0.15) is 0 Å². The molecule has 0 saturated carbocycles. The standard InChI is InChI=1S/C16H13Cl2N3S/c1-10-3-2-4-11(7-10)15-19-16(21-20-15)22-9-12-5-6-13(17)8-14(12)18/h2-8H,9H2,1H3,(H,19,20,21). The predicted octanol–water partition coefficient (Wildman–Crippen LogP) is 5.38. The number of halogens is 2. The Morgan fingerprint density at radius 3 is 2.77 bits per heavy atom. The Bertz CT molecular complexity index is 802. The van der Waals surface area contributed by atoms with E-state index in [2.05, 4.69) is 34.2 Å². The fraction of sp³-hybridized carbons (Fsp3) is 0.125. The molecule has 1 heterocycles. The topological polar surface area (TPSA) is 41.6 Å². The summed E-state index contributed by atoms with van der Waals surface area (Å²) in [6, 6.07) is 13.6. The molecule has 0 amide bonds. The first kappa shape index (κ1) is 15.4. The van der Waals surface area contributed by atoms with E-state index >= 15 is 0 Å². The molecular formula is C16H13Cl2N3S. The van der Waals surface area contributed by atoms with E-state index in [1.807, 2.05) is 24.3 Å². The Morgan fingerprint density at radius 1 is 1.14 bits per heavy atom. The highest BCUT2D eigenvalue weighted by atomic mass is 35.5. The molecule has 3 nitrogen and oxygen atoms in total. The van der Waals surface area contributed by atoms with Crippen LogP contribution >= 0.6 is 35.0 Å². The van der Waals surface area contributed by atoms with Crippen LogP contribution < -0.4 is 0 Å². The van der Waals surface area contributed by atoms with Crippen molar-refractivity contribution in [3.05, 3.63) is 63.6 Å². The zero-order valence-electron chi connectivity index (χ0n) is 11.8. The van der Waals surface area contributed by atoms with E-state index in [0.29, 0.717) is 21.0 Å². The molecule has 0 unspecified atom stereocenters. The summed E-state index contributed by atoms with van der Waals surface area (Å²) in [5, 5.41) is 9.21. The van der Waals surface area contributed by atoms with Crippen molar-refractivity contribution in [3.8, 4) is 11.4 Å². The van der Waals surface area contributed by atoms with Crippen molar-refractivity contribution in [2.24, 2.45) is 0 Å². The van der Waals surface area contributed by atoms with Crippen LogP contribution in [0.15, 0.2) is 47.6 Å². The van der Waals surface area contributed by atoms with Gasteiger partial charge in [0, 0.05) is 21.4 Å². The van der Waals surface area contributed by atoms with E-state index in [0.717, 1.165) is 17.0 Å². The summed E-state index contributed by atoms with van der Waals surface area (Å²) in [7, 11) is 0. The van der Waals surface area contributed by atoms with Crippen LogP contribution in [-0.4, -0.2) is 15.2 Å². The third-order valence-corrected chi connectivity index (χ3v) is 4.61. The maximum absolute atomic E-state index is 6.17. The van der Waals surface area contributed by atoms with Crippen LogP contribution in [0.1, 0.15) is 11.1 Å². The number of rotatable bonds is 4. The van der Waals surface area contributed by atoms with Crippen molar-refractivity contribution in [3.63, 3.8) is 0 Å². The molecule has 0 fully saturated rings. The molecule has 0 aliphatic heterocycles. The van der Waals surface area contributed by atoms with E-state index in [4.69, 9.17) is 23.2 Å². The van der Waals surface area contributed by atoms with Gasteiger partial charge in [-0.3, -0.25) is 5.10 Å². The molecule has 0 saturated heterocycles. The first-order valence-electron chi connectivity index (χ1n) is 6.68. The lowest BCUT2D eigenvalue weighted by Gasteiger charge is -2.02. The van der Waals surface area contributed by atoms with Gasteiger partial charge >= 0.3 is 0 Å². The van der Waals surface area contributed by atoms with E-state index in [-0.39, 0.29) is 0 Å². The van der Waals surface area contributed by atoms with Gasteiger partial charge in [0.1, 0.15) is 0 Å². The average molecular weight is 350 g/mol. The van der Waals surface area contributed by atoms with Gasteiger partial charge in [-0.25, -0.2) is 4.98 Å². The fourth-order valence-electron chi connectivity index (χ4n) is 2.01. The molecule has 0 atom stereocenters. The third-order valence-electron chi connectivity index (χ3n) is 3.13. The zero-order chi connectivity index (χ0) is 15.5. The number of thioether (sulfide) groups is 1. The molecule has 0 radical (unpaired) electrons. The summed E-state index contributed by atoms with van der Waals surface area (Å²) in [6.07, 6.45) is 0. The van der Waals surface area contributed by atoms with E-state index in [9.17, 15) is 0 Å². The van der Waals surface area contributed by atoms with Crippen molar-refractivity contribution in [2.75, 3.05) is 0 Å². The highest BCUT2D eigenvalue weighted by Crippen LogP contribution is 2.28. The zero-order valence-corrected chi connectivity index (χ0v) is 14.1. The first-order valence-corrected chi connectivity index (χ1v) is 8.42. The number of aromatic amines is 1. The molecule has 1 N–H and O–H groups in total. The lowest BCUT2D eigenvalue weighted by Crippen LogP contribution is -1.84. The lowest BCUT2D eigenvalue weighted by atomic mass is 10.1. The van der Waals surface area contributed by atoms with Crippen molar-refractivity contribution >= 4 is 35.0 Å². The number of aryl methyl sites for hydroxylation is 1. The maximum atomic E-state index is 6.17. The van der Waals surface area contributed by atoms with E-state index in [1.54, 1.807) is 6.07 Å². The molecule has 1 aromatic heterocycles. The minimum absolute atomic E-state index is 0.637. The van der Waals surface area contributed by atoms with E-state index in [1.165, 1.54) is 17.3 Å². The van der Waals surface area contributed by atoms with Crippen LogP contribution in [0.3, 0.4) is 0 Å². The molecule has 0 bridgehead atoms. The normalized spacial score (nSPS) is 10.9. The van der Waals surface area contributed by atoms with E-state index < -0.39 is 0 Å². The summed E-state index contributed by atoms with van der Waals surface area (Å²) in [4.78, 5) is 4.51. The number of hydrogen-bond donors (Lipinski definition) is 1. The molecule has 0 aliphatic rings. The van der Waals surface area contributed by atoms with Gasteiger partial charge < -0.3 is 0 Å². The van der Waals surface area contributed by atoms with Gasteiger partial charge in [-0.15, -0.1) is 5.10 Å². The Labute approximate surface area is 143 Å². The Kier molecular flexibility index (Phi) is 4.71. The second kappa shape index (κ2) is 6.73. The number of H-pyrrole nitrogens is 1. The predicted molar refractivity (Wildman–Crippen MR) is 92.6 cm³/mol. The first-order chi connectivity index (χ1) is 10.6. The molecule has 6 heteroatoms. The van der Waals surface area contributed by atoms with Crippen molar-refractivity contribution in [2.45, 2.75) is 17.8 Å². The Balaban J connectivity index is 1.72. The van der Waals surface area contributed by atoms with Crippen LogP contribution in [-0.2, 0) is 5.75 Å². The van der Waals surface area contributed by atoms with Crippen LogP contribution in [0, 0.1) is 6.92 Å². The van der Waals surface area contributed by atoms with Gasteiger partial charge in [0.2, 0.25) is 5.16 Å². The third kappa shape index (κ3) is 3.64. The quantitative estimate of drug-likeness (QED) is 0.643. The second-order valence-corrected chi connectivity index (χ2v) is 6.65. The molecule has 0 spiro atoms. The second-order valence-electron chi connectivity index (χ2n) is 4.86. The molecule has 0 aliphatic carbocycles. The van der Waals surface area contributed by atoms with Crippen molar-refractivity contribution < 1.29 is 0 Å². The monoisotopic (exact) mass is 349 g/mol. The minimum atomic E-state index is 0.637. The number of benzene rings is 2. The largest absolute Gasteiger partial charge is 0.258 e. The van der Waals surface area contributed by atoms with Crippen LogP contribution in [0.4, 0.5) is 0 Å². The van der Waals surface area contributed by atoms with Crippen molar-refractivity contribution in [1.82, 2.24) is 15.2 Å². The smallest absolute Gasteiger partial charge is 0.209 e. The molecule has 3 aromatic rings. The number of nitrogens with one attached hydrogen (secondary N) is 1. The van der Waals surface area contributed by atoms with Gasteiger partial charge in [-0.1, -0.05) is 64.8 Å². The highest BCUT2D eigenvalue weighted by molar-refractivity contribution is 7.98. The van der Waals surface area contributed by atoms with Gasteiger partial charge in [0.25, 0.3) is 0 Å². The van der Waals surface area contributed by atoms with Crippen LogP contribution in [0.5, 0.6) is 0 Å². The Hall–Kier alpha value is -1.49. The average Bonchev–Trinajstić information content (AvgIpc) is 2.95. The van der Waals surface area contributed by atoms with Crippen LogP contribution in [0.25, 0.3) is 11.4 Å². The molecule has 22 heavy (non-hydrogen) atoms. The highest BCUT2D eigenvalue weighted by Gasteiger charge is 2.08. The number of aromatic nitrogens is 3. The Morgan fingerprint density at radius 2 is 2.00 bits per heavy atom. The minimum Gasteiger partial charge on any atom is -0.258 e. The van der Waals surface area contributed by atoms with Crippen LogP contribution in [0.2, 0.25) is 10.0 Å². The molecular weight excluding hydrogens is 337 g/mol. The van der Waals surface area contributed by atoms with Gasteiger partial charge in [-0.05, 0) is 30.7 Å². The summed E-state index contributed by atoms with van der Waals surface area (Å²) in [5.74, 6) is 1.47.